The smallest absolute Gasteiger partial charge is 0.410 e. The van der Waals surface area contributed by atoms with Crippen LogP contribution in [-0.4, -0.2) is 52.8 Å². The third-order valence-corrected chi connectivity index (χ3v) is 4.72. The Hall–Kier alpha value is -2.57. The zero-order chi connectivity index (χ0) is 20.1. The number of hydrogen-bond donors (Lipinski definition) is 1. The Kier molecular flexibility index (Phi) is 6.21. The number of likely N-dealkylation sites (tertiary alicyclic amines) is 1. The van der Waals surface area contributed by atoms with E-state index in [0.717, 1.165) is 43.3 Å². The number of rotatable bonds is 5. The molecule has 152 valence electrons. The summed E-state index contributed by atoms with van der Waals surface area (Å²) in [5.41, 5.74) is 1.13. The minimum atomic E-state index is -0.488. The SMILES string of the molecule is CNc1nc2ccccc2nc1OCCC1CCCCN1C(=O)OC(C)(C)C. The van der Waals surface area contributed by atoms with Crippen LogP contribution in [-0.2, 0) is 4.74 Å². The predicted octanol–water partition coefficient (Wildman–Crippen LogP) is 4.23. The Morgan fingerprint density at radius 3 is 2.61 bits per heavy atom. The largest absolute Gasteiger partial charge is 0.475 e. The minimum Gasteiger partial charge on any atom is -0.475 e. The quantitative estimate of drug-likeness (QED) is 0.829. The highest BCUT2D eigenvalue weighted by Crippen LogP contribution is 2.25. The molecule has 1 aromatic carbocycles. The molecule has 1 aliphatic rings. The highest BCUT2D eigenvalue weighted by atomic mass is 16.6. The van der Waals surface area contributed by atoms with E-state index >= 15 is 0 Å². The molecule has 0 spiro atoms. The molecule has 1 fully saturated rings. The molecule has 2 heterocycles. The number of hydrogen-bond acceptors (Lipinski definition) is 6. The Morgan fingerprint density at radius 2 is 1.93 bits per heavy atom. The molecule has 7 heteroatoms. The maximum atomic E-state index is 12.5. The van der Waals surface area contributed by atoms with Crippen LogP contribution in [0.2, 0.25) is 0 Å². The van der Waals surface area contributed by atoms with Crippen molar-refractivity contribution in [2.45, 2.75) is 58.1 Å². The van der Waals surface area contributed by atoms with E-state index in [1.807, 2.05) is 49.9 Å². The lowest BCUT2D eigenvalue weighted by atomic mass is 10.0. The van der Waals surface area contributed by atoms with Gasteiger partial charge >= 0.3 is 6.09 Å². The fourth-order valence-electron chi connectivity index (χ4n) is 3.40. The van der Waals surface area contributed by atoms with Crippen molar-refractivity contribution in [3.8, 4) is 5.88 Å². The zero-order valence-electron chi connectivity index (χ0n) is 17.2. The number of carbonyl (C=O) groups is 1. The summed E-state index contributed by atoms with van der Waals surface area (Å²) in [4.78, 5) is 23.5. The second-order valence-corrected chi connectivity index (χ2v) is 8.08. The highest BCUT2D eigenvalue weighted by Gasteiger charge is 2.30. The first-order chi connectivity index (χ1) is 13.4. The van der Waals surface area contributed by atoms with Crippen LogP contribution in [0.1, 0.15) is 46.5 Å². The first kappa shape index (κ1) is 20.2. The van der Waals surface area contributed by atoms with Gasteiger partial charge in [-0.1, -0.05) is 12.1 Å². The number of nitrogens with one attached hydrogen (secondary N) is 1. The third-order valence-electron chi connectivity index (χ3n) is 4.72. The van der Waals surface area contributed by atoms with Gasteiger partial charge in [-0.25, -0.2) is 14.8 Å². The molecule has 1 atom stereocenters. The number of fused-ring (bicyclic) bond motifs is 1. The van der Waals surface area contributed by atoms with E-state index in [4.69, 9.17) is 9.47 Å². The van der Waals surface area contributed by atoms with Crippen LogP contribution in [0.5, 0.6) is 5.88 Å². The van der Waals surface area contributed by atoms with E-state index in [0.29, 0.717) is 18.3 Å². The molecule has 0 saturated carbocycles. The van der Waals surface area contributed by atoms with Crippen LogP contribution >= 0.6 is 0 Å². The van der Waals surface area contributed by atoms with Crippen LogP contribution < -0.4 is 10.1 Å². The van der Waals surface area contributed by atoms with E-state index in [1.165, 1.54) is 0 Å². The van der Waals surface area contributed by atoms with E-state index in [1.54, 1.807) is 7.05 Å². The van der Waals surface area contributed by atoms with Gasteiger partial charge in [0.1, 0.15) is 5.60 Å². The molecule has 1 aromatic heterocycles. The molecule has 0 bridgehead atoms. The van der Waals surface area contributed by atoms with Crippen LogP contribution in [0.25, 0.3) is 11.0 Å². The maximum absolute atomic E-state index is 12.5. The first-order valence-electron chi connectivity index (χ1n) is 9.94. The molecule has 1 aliphatic heterocycles. The third kappa shape index (κ3) is 5.03. The molecule has 0 radical (unpaired) electrons. The summed E-state index contributed by atoms with van der Waals surface area (Å²) in [6, 6.07) is 7.83. The minimum absolute atomic E-state index is 0.120. The number of carbonyl (C=O) groups excluding carboxylic acids is 1. The summed E-state index contributed by atoms with van der Waals surface area (Å²) >= 11 is 0. The van der Waals surface area contributed by atoms with Gasteiger partial charge in [0.15, 0.2) is 5.82 Å². The number of benzene rings is 1. The lowest BCUT2D eigenvalue weighted by Crippen LogP contribution is -2.46. The predicted molar refractivity (Wildman–Crippen MR) is 110 cm³/mol. The van der Waals surface area contributed by atoms with Crippen molar-refractivity contribution >= 4 is 22.9 Å². The van der Waals surface area contributed by atoms with Gasteiger partial charge in [-0.3, -0.25) is 0 Å². The first-order valence-corrected chi connectivity index (χ1v) is 9.94. The van der Waals surface area contributed by atoms with Gasteiger partial charge in [0.25, 0.3) is 5.88 Å². The van der Waals surface area contributed by atoms with E-state index in [9.17, 15) is 4.79 Å². The molecular formula is C21H30N4O3. The van der Waals surface area contributed by atoms with Gasteiger partial charge in [-0.15, -0.1) is 0 Å². The fraction of sp³-hybridized carbons (Fsp3) is 0.571. The number of amides is 1. The Morgan fingerprint density at radius 1 is 1.21 bits per heavy atom. The number of nitrogens with zero attached hydrogens (tertiary/aromatic N) is 3. The summed E-state index contributed by atoms with van der Waals surface area (Å²) in [7, 11) is 1.80. The van der Waals surface area contributed by atoms with Gasteiger partial charge in [-0.05, 0) is 52.2 Å². The second-order valence-electron chi connectivity index (χ2n) is 8.08. The van der Waals surface area contributed by atoms with Crippen LogP contribution in [0.15, 0.2) is 24.3 Å². The average Bonchev–Trinajstić information content (AvgIpc) is 2.66. The van der Waals surface area contributed by atoms with Gasteiger partial charge in [-0.2, -0.15) is 0 Å². The van der Waals surface area contributed by atoms with E-state index < -0.39 is 5.60 Å². The van der Waals surface area contributed by atoms with Crippen LogP contribution in [0.3, 0.4) is 0 Å². The molecule has 0 aliphatic carbocycles. The highest BCUT2D eigenvalue weighted by molar-refractivity contribution is 5.77. The number of anilines is 1. The molecule has 2 aromatic rings. The molecule has 1 saturated heterocycles. The summed E-state index contributed by atoms with van der Waals surface area (Å²) < 4.78 is 11.5. The zero-order valence-corrected chi connectivity index (χ0v) is 17.2. The normalized spacial score (nSPS) is 17.4. The van der Waals surface area contributed by atoms with Gasteiger partial charge in [0.05, 0.1) is 17.6 Å². The summed E-state index contributed by atoms with van der Waals surface area (Å²) in [5.74, 6) is 1.10. The van der Waals surface area contributed by atoms with Crippen molar-refractivity contribution in [1.82, 2.24) is 14.9 Å². The molecule has 28 heavy (non-hydrogen) atoms. The summed E-state index contributed by atoms with van der Waals surface area (Å²) in [5, 5.41) is 3.05. The lowest BCUT2D eigenvalue weighted by Gasteiger charge is -2.36. The van der Waals surface area contributed by atoms with Crippen molar-refractivity contribution < 1.29 is 14.3 Å². The maximum Gasteiger partial charge on any atom is 0.410 e. The molecule has 7 nitrogen and oxygen atoms in total. The van der Waals surface area contributed by atoms with E-state index in [-0.39, 0.29) is 12.1 Å². The molecule has 3 rings (SSSR count). The van der Waals surface area contributed by atoms with Crippen LogP contribution in [0.4, 0.5) is 10.6 Å². The van der Waals surface area contributed by atoms with Gasteiger partial charge in [0.2, 0.25) is 0 Å². The number of para-hydroxylation sites is 2. The standard InChI is InChI=1S/C21H30N4O3/c1-21(2,3)28-20(26)25-13-8-7-9-15(25)12-14-27-19-18(22-4)23-16-10-5-6-11-17(16)24-19/h5-6,10-11,15H,7-9,12-14H2,1-4H3,(H,22,23). The number of ether oxygens (including phenoxy) is 2. The van der Waals surface area contributed by atoms with Crippen LogP contribution in [0, 0.1) is 0 Å². The van der Waals surface area contributed by atoms with Crippen molar-refractivity contribution in [2.75, 3.05) is 25.5 Å². The van der Waals surface area contributed by atoms with E-state index in [2.05, 4.69) is 15.3 Å². The molecular weight excluding hydrogens is 356 g/mol. The lowest BCUT2D eigenvalue weighted by molar-refractivity contribution is 0.00739. The Bertz CT molecular complexity index is 819. The number of aromatic nitrogens is 2. The van der Waals surface area contributed by atoms with Crippen molar-refractivity contribution in [3.05, 3.63) is 24.3 Å². The van der Waals surface area contributed by atoms with Crippen molar-refractivity contribution in [1.29, 1.82) is 0 Å². The summed E-state index contributed by atoms with van der Waals surface area (Å²) in [6.07, 6.45) is 3.58. The van der Waals surface area contributed by atoms with Crippen molar-refractivity contribution in [2.24, 2.45) is 0 Å². The number of piperidine rings is 1. The monoisotopic (exact) mass is 386 g/mol. The second kappa shape index (κ2) is 8.63. The van der Waals surface area contributed by atoms with Gasteiger partial charge in [0, 0.05) is 26.1 Å². The Labute approximate surface area is 166 Å². The molecule has 1 N–H and O–H groups in total. The molecule has 1 unspecified atom stereocenters. The fourth-order valence-corrected chi connectivity index (χ4v) is 3.40. The van der Waals surface area contributed by atoms with Gasteiger partial charge < -0.3 is 19.7 Å². The van der Waals surface area contributed by atoms with Crippen molar-refractivity contribution in [3.63, 3.8) is 0 Å². The molecule has 1 amide bonds. The summed E-state index contributed by atoms with van der Waals surface area (Å²) in [6.45, 7) is 6.88. The topological polar surface area (TPSA) is 76.6 Å². The Balaban J connectivity index is 1.64. The average molecular weight is 386 g/mol.